The van der Waals surface area contributed by atoms with Gasteiger partial charge < -0.3 is 15.0 Å². The molecule has 6 nitrogen and oxygen atoms in total. The number of hydrogen-bond acceptors (Lipinski definition) is 6. The fourth-order valence-corrected chi connectivity index (χ4v) is 2.55. The summed E-state index contributed by atoms with van der Waals surface area (Å²) in [6.45, 7) is 0.574. The third-order valence-electron chi connectivity index (χ3n) is 2.70. The van der Waals surface area contributed by atoms with Crippen molar-refractivity contribution in [2.45, 2.75) is 17.3 Å². The Bertz CT molecular complexity index is 548. The predicted octanol–water partition coefficient (Wildman–Crippen LogP) is 1.43. The molecule has 0 atom stereocenters. The molecular weight excluding hydrogens is 298 g/mol. The van der Waals surface area contributed by atoms with Crippen molar-refractivity contribution in [1.29, 1.82) is 0 Å². The van der Waals surface area contributed by atoms with Gasteiger partial charge in [0.15, 0.2) is 5.16 Å². The molecule has 0 aliphatic heterocycles. The van der Waals surface area contributed by atoms with Crippen molar-refractivity contribution < 1.29 is 4.74 Å². The van der Waals surface area contributed by atoms with Gasteiger partial charge >= 0.3 is 0 Å². The first-order valence-corrected chi connectivity index (χ1v) is 6.93. The van der Waals surface area contributed by atoms with Crippen molar-refractivity contribution in [2.75, 3.05) is 13.7 Å². The summed E-state index contributed by atoms with van der Waals surface area (Å²) in [5.74, 6) is 2.39. The number of rotatable bonds is 6. The number of hydrogen-bond donors (Lipinski definition) is 1. The van der Waals surface area contributed by atoms with Gasteiger partial charge in [0.05, 0.1) is 12.8 Å². The number of thioether (sulfide) groups is 1. The maximum Gasteiger partial charge on any atom is 0.191 e. The molecule has 0 saturated heterocycles. The van der Waals surface area contributed by atoms with Crippen LogP contribution >= 0.6 is 24.2 Å². The zero-order valence-electron chi connectivity index (χ0n) is 11.4. The van der Waals surface area contributed by atoms with Crippen LogP contribution in [0.25, 0.3) is 0 Å². The van der Waals surface area contributed by atoms with E-state index in [2.05, 4.69) is 15.2 Å². The number of halogens is 1. The maximum atomic E-state index is 5.53. The molecule has 2 aromatic heterocycles. The average Bonchev–Trinajstić information content (AvgIpc) is 2.78. The quantitative estimate of drug-likeness (QED) is 0.813. The molecule has 0 bridgehead atoms. The summed E-state index contributed by atoms with van der Waals surface area (Å²) in [5.41, 5.74) is 6.43. The number of nitrogens with zero attached hydrogens (tertiary/aromatic N) is 4. The van der Waals surface area contributed by atoms with Crippen molar-refractivity contribution >= 4 is 24.2 Å². The molecule has 0 spiro atoms. The second-order valence-corrected chi connectivity index (χ2v) is 4.88. The van der Waals surface area contributed by atoms with Crippen LogP contribution in [-0.4, -0.2) is 33.4 Å². The van der Waals surface area contributed by atoms with Gasteiger partial charge in [-0.1, -0.05) is 11.8 Å². The number of nitrogens with two attached hydrogens (primary N) is 1. The van der Waals surface area contributed by atoms with E-state index in [4.69, 9.17) is 10.5 Å². The lowest BCUT2D eigenvalue weighted by Crippen LogP contribution is -2.08. The topological polar surface area (TPSA) is 78.8 Å². The minimum absolute atomic E-state index is 0. The van der Waals surface area contributed by atoms with Crippen LogP contribution in [0.15, 0.2) is 23.5 Å². The Kier molecular flexibility index (Phi) is 6.77. The maximum absolute atomic E-state index is 5.53. The van der Waals surface area contributed by atoms with Crippen molar-refractivity contribution in [3.8, 4) is 5.75 Å². The molecule has 0 aliphatic carbocycles. The van der Waals surface area contributed by atoms with Gasteiger partial charge in [-0.3, -0.25) is 4.98 Å². The van der Waals surface area contributed by atoms with Crippen LogP contribution in [-0.2, 0) is 19.2 Å². The molecule has 0 fully saturated rings. The van der Waals surface area contributed by atoms with E-state index in [-0.39, 0.29) is 12.4 Å². The molecule has 0 saturated carbocycles. The van der Waals surface area contributed by atoms with Gasteiger partial charge in [0.2, 0.25) is 0 Å². The summed E-state index contributed by atoms with van der Waals surface area (Å²) in [6, 6.07) is 3.76. The second kappa shape index (κ2) is 8.08. The van der Waals surface area contributed by atoms with Gasteiger partial charge in [-0.05, 0) is 18.7 Å². The monoisotopic (exact) mass is 315 g/mol. The fraction of sp³-hybridized carbons (Fsp3) is 0.417. The number of aromatic nitrogens is 4. The molecule has 0 amide bonds. The van der Waals surface area contributed by atoms with Crippen molar-refractivity contribution in [3.05, 3.63) is 29.8 Å². The highest BCUT2D eigenvalue weighted by Crippen LogP contribution is 2.25. The van der Waals surface area contributed by atoms with Crippen LogP contribution in [0.4, 0.5) is 0 Å². The van der Waals surface area contributed by atoms with Crippen LogP contribution < -0.4 is 10.5 Å². The zero-order valence-corrected chi connectivity index (χ0v) is 13.1. The SMILES string of the molecule is COc1cccnc1CSc1nnc(CCN)n1C.Cl. The van der Waals surface area contributed by atoms with E-state index in [0.717, 1.165) is 28.8 Å². The Morgan fingerprint density at radius 1 is 1.40 bits per heavy atom. The van der Waals surface area contributed by atoms with Crippen LogP contribution in [0.1, 0.15) is 11.5 Å². The van der Waals surface area contributed by atoms with Crippen LogP contribution in [0.3, 0.4) is 0 Å². The first kappa shape index (κ1) is 16.7. The third kappa shape index (κ3) is 3.84. The van der Waals surface area contributed by atoms with Gasteiger partial charge in [-0.2, -0.15) is 0 Å². The Hall–Kier alpha value is -1.31. The lowest BCUT2D eigenvalue weighted by molar-refractivity contribution is 0.409. The van der Waals surface area contributed by atoms with Gasteiger partial charge in [0.25, 0.3) is 0 Å². The molecule has 0 aliphatic rings. The lowest BCUT2D eigenvalue weighted by Gasteiger charge is -2.06. The summed E-state index contributed by atoms with van der Waals surface area (Å²) in [5, 5.41) is 9.14. The van der Waals surface area contributed by atoms with Gasteiger partial charge in [-0.25, -0.2) is 0 Å². The minimum Gasteiger partial charge on any atom is -0.495 e. The summed E-state index contributed by atoms with van der Waals surface area (Å²) < 4.78 is 7.24. The first-order valence-electron chi connectivity index (χ1n) is 5.95. The number of methoxy groups -OCH3 is 1. The van der Waals surface area contributed by atoms with Gasteiger partial charge in [0.1, 0.15) is 11.6 Å². The molecule has 2 N–H and O–H groups in total. The van der Waals surface area contributed by atoms with Crippen LogP contribution in [0, 0.1) is 0 Å². The summed E-state index contributed by atoms with van der Waals surface area (Å²) >= 11 is 1.58. The molecule has 0 unspecified atom stereocenters. The van der Waals surface area contributed by atoms with E-state index >= 15 is 0 Å². The minimum atomic E-state index is 0. The van der Waals surface area contributed by atoms with Gasteiger partial charge in [0, 0.05) is 25.4 Å². The zero-order chi connectivity index (χ0) is 13.7. The Morgan fingerprint density at radius 3 is 2.90 bits per heavy atom. The smallest absolute Gasteiger partial charge is 0.191 e. The van der Waals surface area contributed by atoms with E-state index in [1.807, 2.05) is 23.7 Å². The molecule has 2 rings (SSSR count). The normalized spacial score (nSPS) is 10.2. The molecule has 20 heavy (non-hydrogen) atoms. The molecule has 0 radical (unpaired) electrons. The molecule has 110 valence electrons. The number of pyridine rings is 1. The summed E-state index contributed by atoms with van der Waals surface area (Å²) in [4.78, 5) is 4.31. The Morgan fingerprint density at radius 2 is 2.20 bits per heavy atom. The molecule has 8 heteroatoms. The largest absolute Gasteiger partial charge is 0.495 e. The van der Waals surface area contributed by atoms with E-state index < -0.39 is 0 Å². The molecule has 2 heterocycles. The number of ether oxygens (including phenoxy) is 1. The standard InChI is InChI=1S/C12H17N5OS.ClH/c1-17-11(5-6-13)15-16-12(17)19-8-9-10(18-2)4-3-7-14-9;/h3-4,7H,5-6,8,13H2,1-2H3;1H. The molecule has 0 aromatic carbocycles. The van der Waals surface area contributed by atoms with Crippen LogP contribution in [0.5, 0.6) is 5.75 Å². The van der Waals surface area contributed by atoms with E-state index in [9.17, 15) is 0 Å². The second-order valence-electron chi connectivity index (χ2n) is 3.94. The highest BCUT2D eigenvalue weighted by Gasteiger charge is 2.10. The molecular formula is C12H18ClN5OS. The van der Waals surface area contributed by atoms with Crippen molar-refractivity contribution in [2.24, 2.45) is 12.8 Å². The fourth-order valence-electron chi connectivity index (χ4n) is 1.67. The third-order valence-corrected chi connectivity index (χ3v) is 3.73. The Labute approximate surface area is 128 Å². The van der Waals surface area contributed by atoms with E-state index in [0.29, 0.717) is 12.3 Å². The lowest BCUT2D eigenvalue weighted by atomic mass is 10.3. The van der Waals surface area contributed by atoms with Crippen molar-refractivity contribution in [3.63, 3.8) is 0 Å². The predicted molar refractivity (Wildman–Crippen MR) is 81.4 cm³/mol. The van der Waals surface area contributed by atoms with E-state index in [1.54, 1.807) is 25.1 Å². The van der Waals surface area contributed by atoms with Crippen LogP contribution in [0.2, 0.25) is 0 Å². The Balaban J connectivity index is 0.00000200. The first-order chi connectivity index (χ1) is 9.26. The summed E-state index contributed by atoms with van der Waals surface area (Å²) in [7, 11) is 3.59. The van der Waals surface area contributed by atoms with Crippen molar-refractivity contribution in [1.82, 2.24) is 19.7 Å². The average molecular weight is 316 g/mol. The highest BCUT2D eigenvalue weighted by molar-refractivity contribution is 7.98. The van der Waals surface area contributed by atoms with E-state index in [1.165, 1.54) is 0 Å². The highest BCUT2D eigenvalue weighted by atomic mass is 35.5. The molecule has 2 aromatic rings. The summed E-state index contributed by atoms with van der Waals surface area (Å²) in [6.07, 6.45) is 2.49. The van der Waals surface area contributed by atoms with Gasteiger partial charge in [-0.15, -0.1) is 22.6 Å².